The Morgan fingerprint density at radius 1 is 1.24 bits per heavy atom. The number of nitrogens with zero attached hydrogens (tertiary/aromatic N) is 3. The van der Waals surface area contributed by atoms with Gasteiger partial charge in [-0.3, -0.25) is 9.78 Å². The first kappa shape index (κ1) is 12.1. The van der Waals surface area contributed by atoms with Crippen LogP contribution in [0.5, 0.6) is 0 Å². The van der Waals surface area contributed by atoms with Gasteiger partial charge in [0.1, 0.15) is 5.02 Å². The summed E-state index contributed by atoms with van der Waals surface area (Å²) < 4.78 is 1.30. The number of aryl methyl sites for hydroxylation is 2. The van der Waals surface area contributed by atoms with Gasteiger partial charge in [0.15, 0.2) is 0 Å². The summed E-state index contributed by atoms with van der Waals surface area (Å²) in [6.07, 6.45) is 5.48. The molecule has 17 heavy (non-hydrogen) atoms. The summed E-state index contributed by atoms with van der Waals surface area (Å²) in [5.41, 5.74) is 0.716. The van der Waals surface area contributed by atoms with Crippen molar-refractivity contribution < 1.29 is 0 Å². The van der Waals surface area contributed by atoms with Gasteiger partial charge in [-0.15, -0.1) is 0 Å². The average Bonchev–Trinajstić information content (AvgIpc) is 2.36. The highest BCUT2D eigenvalue weighted by Gasteiger charge is 2.06. The van der Waals surface area contributed by atoms with E-state index < -0.39 is 0 Å². The highest BCUT2D eigenvalue weighted by Crippen LogP contribution is 2.14. The first-order valence-electron chi connectivity index (χ1n) is 4.98. The molecular weight excluding hydrogens is 261 g/mol. The third-order valence-electron chi connectivity index (χ3n) is 2.30. The molecule has 88 valence electrons. The summed E-state index contributed by atoms with van der Waals surface area (Å²) in [5.74, 6) is 0. The predicted molar refractivity (Wildman–Crippen MR) is 66.5 cm³/mol. The van der Waals surface area contributed by atoms with Gasteiger partial charge >= 0.3 is 0 Å². The number of aromatic nitrogens is 3. The van der Waals surface area contributed by atoms with E-state index in [1.807, 2.05) is 12.1 Å². The van der Waals surface area contributed by atoms with Gasteiger partial charge in [-0.1, -0.05) is 23.2 Å². The largest absolute Gasteiger partial charge is 0.287 e. The van der Waals surface area contributed by atoms with E-state index >= 15 is 0 Å². The Morgan fingerprint density at radius 2 is 1.94 bits per heavy atom. The van der Waals surface area contributed by atoms with Crippen molar-refractivity contribution in [3.05, 3.63) is 56.7 Å². The Hall–Kier alpha value is -1.39. The lowest BCUT2D eigenvalue weighted by molar-refractivity contribution is 0.578. The SMILES string of the molecule is O=c1c(Cl)c(Cl)cnn1CCc1ccncc1. The van der Waals surface area contributed by atoms with Crippen LogP contribution >= 0.6 is 23.2 Å². The molecule has 2 aromatic heterocycles. The fourth-order valence-corrected chi connectivity index (χ4v) is 1.66. The number of halogens is 2. The molecule has 0 N–H and O–H groups in total. The minimum atomic E-state index is -0.367. The molecule has 0 fully saturated rings. The molecule has 2 heterocycles. The van der Waals surface area contributed by atoms with Gasteiger partial charge in [-0.25, -0.2) is 4.68 Å². The van der Waals surface area contributed by atoms with Gasteiger partial charge in [0.2, 0.25) is 0 Å². The van der Waals surface area contributed by atoms with E-state index in [4.69, 9.17) is 23.2 Å². The maximum Gasteiger partial charge on any atom is 0.287 e. The lowest BCUT2D eigenvalue weighted by Gasteiger charge is -2.05. The van der Waals surface area contributed by atoms with Gasteiger partial charge in [-0.05, 0) is 24.1 Å². The molecule has 2 aromatic rings. The average molecular weight is 270 g/mol. The molecular formula is C11H9Cl2N3O. The highest BCUT2D eigenvalue weighted by molar-refractivity contribution is 6.41. The second-order valence-electron chi connectivity index (χ2n) is 3.44. The van der Waals surface area contributed by atoms with E-state index in [0.717, 1.165) is 5.56 Å². The molecule has 0 aliphatic rings. The predicted octanol–water partition coefficient (Wildman–Crippen LogP) is 2.19. The quantitative estimate of drug-likeness (QED) is 0.858. The summed E-state index contributed by atoms with van der Waals surface area (Å²) in [6.45, 7) is 0.458. The van der Waals surface area contributed by atoms with Gasteiger partial charge in [-0.2, -0.15) is 5.10 Å². The van der Waals surface area contributed by atoms with Crippen LogP contribution in [0, 0.1) is 0 Å². The smallest absolute Gasteiger partial charge is 0.266 e. The maximum absolute atomic E-state index is 11.7. The molecule has 0 atom stereocenters. The summed E-state index contributed by atoms with van der Waals surface area (Å²) in [6, 6.07) is 3.78. The van der Waals surface area contributed by atoms with Crippen LogP contribution in [0.4, 0.5) is 0 Å². The Morgan fingerprint density at radius 3 is 2.65 bits per heavy atom. The van der Waals surface area contributed by atoms with Crippen molar-refractivity contribution in [2.24, 2.45) is 0 Å². The Labute approximate surface area is 108 Å². The van der Waals surface area contributed by atoms with Crippen molar-refractivity contribution in [2.45, 2.75) is 13.0 Å². The van der Waals surface area contributed by atoms with Crippen LogP contribution in [0.2, 0.25) is 10.0 Å². The van der Waals surface area contributed by atoms with E-state index in [0.29, 0.717) is 13.0 Å². The second kappa shape index (κ2) is 5.29. The minimum Gasteiger partial charge on any atom is -0.266 e. The van der Waals surface area contributed by atoms with Crippen molar-refractivity contribution in [1.29, 1.82) is 0 Å². The van der Waals surface area contributed by atoms with Gasteiger partial charge in [0.25, 0.3) is 5.56 Å². The van der Waals surface area contributed by atoms with Crippen molar-refractivity contribution in [1.82, 2.24) is 14.8 Å². The molecule has 0 bridgehead atoms. The van der Waals surface area contributed by atoms with Gasteiger partial charge in [0, 0.05) is 18.9 Å². The topological polar surface area (TPSA) is 47.8 Å². The second-order valence-corrected chi connectivity index (χ2v) is 4.23. The van der Waals surface area contributed by atoms with E-state index in [1.165, 1.54) is 10.9 Å². The molecule has 2 rings (SSSR count). The number of hydrogen-bond donors (Lipinski definition) is 0. The minimum absolute atomic E-state index is 0.0106. The molecule has 0 amide bonds. The number of rotatable bonds is 3. The standard InChI is InChI=1S/C11H9Cl2N3O/c12-9-7-15-16(11(17)10(9)13)6-3-8-1-4-14-5-2-8/h1-2,4-5,7H,3,6H2. The summed E-state index contributed by atoms with van der Waals surface area (Å²) in [7, 11) is 0. The lowest BCUT2D eigenvalue weighted by Crippen LogP contribution is -2.24. The Kier molecular flexibility index (Phi) is 3.76. The van der Waals surface area contributed by atoms with Crippen LogP contribution in [-0.2, 0) is 13.0 Å². The van der Waals surface area contributed by atoms with Crippen LogP contribution < -0.4 is 5.56 Å². The normalized spacial score (nSPS) is 10.5. The zero-order valence-corrected chi connectivity index (χ0v) is 10.3. The summed E-state index contributed by atoms with van der Waals surface area (Å²) in [4.78, 5) is 15.6. The molecule has 0 radical (unpaired) electrons. The maximum atomic E-state index is 11.7. The summed E-state index contributed by atoms with van der Waals surface area (Å²) in [5, 5.41) is 4.11. The monoisotopic (exact) mass is 269 g/mol. The molecule has 0 spiro atoms. The van der Waals surface area contributed by atoms with E-state index in [-0.39, 0.29) is 15.6 Å². The molecule has 0 aliphatic carbocycles. The van der Waals surface area contributed by atoms with Crippen molar-refractivity contribution in [3.63, 3.8) is 0 Å². The molecule has 0 aromatic carbocycles. The van der Waals surface area contributed by atoms with Crippen LogP contribution in [0.3, 0.4) is 0 Å². The zero-order valence-electron chi connectivity index (χ0n) is 8.81. The van der Waals surface area contributed by atoms with Gasteiger partial charge < -0.3 is 0 Å². The lowest BCUT2D eigenvalue weighted by atomic mass is 10.2. The van der Waals surface area contributed by atoms with Crippen molar-refractivity contribution >= 4 is 23.2 Å². The van der Waals surface area contributed by atoms with Crippen LogP contribution in [0.15, 0.2) is 35.5 Å². The van der Waals surface area contributed by atoms with E-state index in [9.17, 15) is 4.79 Å². The molecule has 4 nitrogen and oxygen atoms in total. The molecule has 6 heteroatoms. The van der Waals surface area contributed by atoms with E-state index in [2.05, 4.69) is 10.1 Å². The van der Waals surface area contributed by atoms with Crippen molar-refractivity contribution in [2.75, 3.05) is 0 Å². The van der Waals surface area contributed by atoms with Gasteiger partial charge in [0.05, 0.1) is 11.2 Å². The van der Waals surface area contributed by atoms with Crippen molar-refractivity contribution in [3.8, 4) is 0 Å². The highest BCUT2D eigenvalue weighted by atomic mass is 35.5. The Balaban J connectivity index is 2.16. The number of hydrogen-bond acceptors (Lipinski definition) is 3. The fourth-order valence-electron chi connectivity index (χ4n) is 1.39. The van der Waals surface area contributed by atoms with Crippen LogP contribution in [0.25, 0.3) is 0 Å². The molecule has 0 unspecified atom stereocenters. The Bertz CT molecular complexity index is 569. The zero-order chi connectivity index (χ0) is 12.3. The van der Waals surface area contributed by atoms with Crippen LogP contribution in [-0.4, -0.2) is 14.8 Å². The number of pyridine rings is 1. The molecule has 0 saturated heterocycles. The third kappa shape index (κ3) is 2.84. The first-order chi connectivity index (χ1) is 8.18. The van der Waals surface area contributed by atoms with E-state index in [1.54, 1.807) is 12.4 Å². The summed E-state index contributed by atoms with van der Waals surface area (Å²) >= 11 is 11.4. The first-order valence-corrected chi connectivity index (χ1v) is 5.74. The van der Waals surface area contributed by atoms with Crippen LogP contribution in [0.1, 0.15) is 5.56 Å². The molecule has 0 saturated carbocycles. The molecule has 0 aliphatic heterocycles. The fraction of sp³-hybridized carbons (Fsp3) is 0.182. The third-order valence-corrected chi connectivity index (χ3v) is 3.05.